The fraction of sp³-hybridized carbons (Fsp3) is 0.600. The largest absolute Gasteiger partial charge is 0.347 e. The van der Waals surface area contributed by atoms with Gasteiger partial charge in [0.15, 0.2) is 0 Å². The number of fused-ring (bicyclic) bond motifs is 1. The highest BCUT2D eigenvalue weighted by Gasteiger charge is 2.29. The molecule has 1 aliphatic rings. The number of hydrogen-bond donors (Lipinski definition) is 1. The van der Waals surface area contributed by atoms with Crippen LogP contribution in [0.3, 0.4) is 0 Å². The molecule has 0 saturated carbocycles. The summed E-state index contributed by atoms with van der Waals surface area (Å²) in [4.78, 5) is 6.92. The average Bonchev–Trinajstić information content (AvgIpc) is 3.32. The third-order valence-electron chi connectivity index (χ3n) is 6.24. The number of aromatic nitrogens is 3. The molecule has 7 nitrogen and oxygen atoms in total. The van der Waals surface area contributed by atoms with Gasteiger partial charge in [-0.25, -0.2) is 13.9 Å². The molecule has 2 aromatic heterocycles. The van der Waals surface area contributed by atoms with Crippen LogP contribution in [0.5, 0.6) is 0 Å². The van der Waals surface area contributed by atoms with Crippen molar-refractivity contribution in [2.24, 2.45) is 15.6 Å². The molecule has 1 saturated heterocycles. The van der Waals surface area contributed by atoms with E-state index >= 15 is 0 Å². The molecule has 9 heteroatoms. The number of anilines is 1. The molecular formula is C30H47F2N7. The molecule has 0 aliphatic carbocycles. The summed E-state index contributed by atoms with van der Waals surface area (Å²) in [5, 5.41) is 16.1. The zero-order chi connectivity index (χ0) is 29.2. The fourth-order valence-corrected chi connectivity index (χ4v) is 4.45. The van der Waals surface area contributed by atoms with E-state index in [0.29, 0.717) is 18.9 Å². The third-order valence-corrected chi connectivity index (χ3v) is 6.24. The van der Waals surface area contributed by atoms with Gasteiger partial charge >= 0.3 is 0 Å². The molecule has 216 valence electrons. The van der Waals surface area contributed by atoms with Crippen LogP contribution < -0.4 is 5.32 Å². The van der Waals surface area contributed by atoms with E-state index < -0.39 is 6.17 Å². The Hall–Kier alpha value is -2.94. The number of piperidine rings is 1. The second-order valence-corrected chi connectivity index (χ2v) is 11.0. The van der Waals surface area contributed by atoms with Crippen LogP contribution in [-0.2, 0) is 6.42 Å². The Balaban J connectivity index is 0.000000815. The maximum Gasteiger partial charge on any atom is 0.241 e. The molecular weight excluding hydrogens is 496 g/mol. The number of halogens is 2. The minimum absolute atomic E-state index is 0.0329. The van der Waals surface area contributed by atoms with Gasteiger partial charge in [-0.2, -0.15) is 10.2 Å². The van der Waals surface area contributed by atoms with Crippen LogP contribution in [0.2, 0.25) is 0 Å². The summed E-state index contributed by atoms with van der Waals surface area (Å²) in [6, 6.07) is 7.97. The first-order valence-corrected chi connectivity index (χ1v) is 14.0. The topological polar surface area (TPSA) is 70.2 Å². The van der Waals surface area contributed by atoms with Crippen LogP contribution in [0.4, 0.5) is 20.4 Å². The van der Waals surface area contributed by atoms with Gasteiger partial charge in [-0.3, -0.25) is 4.39 Å². The quantitative estimate of drug-likeness (QED) is 0.321. The Kier molecular flexibility index (Phi) is 12.4. The monoisotopic (exact) mass is 543 g/mol. The Morgan fingerprint density at radius 2 is 1.87 bits per heavy atom. The van der Waals surface area contributed by atoms with Crippen LogP contribution >= 0.6 is 0 Å². The number of aryl methyl sites for hydroxylation is 1. The van der Waals surface area contributed by atoms with Crippen molar-refractivity contribution >= 4 is 17.2 Å². The molecule has 1 N–H and O–H groups in total. The van der Waals surface area contributed by atoms with E-state index in [-0.39, 0.29) is 18.1 Å². The summed E-state index contributed by atoms with van der Waals surface area (Å²) in [6.45, 7) is 15.5. The lowest BCUT2D eigenvalue weighted by Crippen LogP contribution is -2.46. The van der Waals surface area contributed by atoms with Crippen LogP contribution in [-0.4, -0.2) is 65.6 Å². The number of alkyl halides is 2. The molecule has 1 aliphatic heterocycles. The van der Waals surface area contributed by atoms with Gasteiger partial charge in [-0.05, 0) is 68.0 Å². The fourth-order valence-electron chi connectivity index (χ4n) is 4.45. The Morgan fingerprint density at radius 3 is 2.44 bits per heavy atom. The first-order chi connectivity index (χ1) is 18.6. The van der Waals surface area contributed by atoms with E-state index in [4.69, 9.17) is 10.1 Å². The minimum Gasteiger partial charge on any atom is -0.347 e. The standard InChI is InChI=1S/C25H34FN7.C3H7F.C2H6/c1-16-13-17(7-8-20(16)30-27-5)18-9-12-33-23(18)22(14-25(2,3)4)29-24(31-33)28-21-10-11-32(6)15-19(21)26;1-2-3-4;1-2/h7-9,12-13,19,21H,10-11,14-15H2,1-6H3,(H,28,31);2-3H2,1H3;1-2H3. The van der Waals surface area contributed by atoms with Crippen molar-refractivity contribution in [3.05, 3.63) is 41.7 Å². The molecule has 0 bridgehead atoms. The summed E-state index contributed by atoms with van der Waals surface area (Å²) in [7, 11) is 3.63. The highest BCUT2D eigenvalue weighted by molar-refractivity contribution is 5.83. The van der Waals surface area contributed by atoms with Crippen molar-refractivity contribution in [2.45, 2.75) is 79.9 Å². The molecule has 3 heterocycles. The number of rotatable bonds is 6. The van der Waals surface area contributed by atoms with E-state index in [1.807, 2.05) is 49.5 Å². The van der Waals surface area contributed by atoms with E-state index in [9.17, 15) is 8.78 Å². The second-order valence-electron chi connectivity index (χ2n) is 11.0. The molecule has 0 radical (unpaired) electrons. The average molecular weight is 544 g/mol. The normalized spacial score (nSPS) is 17.9. The number of azo groups is 1. The number of likely N-dealkylation sites (tertiary alicyclic amines) is 1. The molecule has 39 heavy (non-hydrogen) atoms. The lowest BCUT2D eigenvalue weighted by molar-refractivity contribution is 0.149. The van der Waals surface area contributed by atoms with Gasteiger partial charge < -0.3 is 10.2 Å². The zero-order valence-electron chi connectivity index (χ0n) is 25.2. The number of hydrogen-bond acceptors (Lipinski definition) is 6. The van der Waals surface area contributed by atoms with Gasteiger partial charge in [0.25, 0.3) is 0 Å². The Labute approximate surface area is 233 Å². The first kappa shape index (κ1) is 32.3. The zero-order valence-corrected chi connectivity index (χ0v) is 25.2. The van der Waals surface area contributed by atoms with Gasteiger partial charge in [0.1, 0.15) is 6.17 Å². The van der Waals surface area contributed by atoms with E-state index in [1.165, 1.54) is 0 Å². The first-order valence-electron chi connectivity index (χ1n) is 14.0. The molecule has 3 aromatic rings. The van der Waals surface area contributed by atoms with Crippen LogP contribution in [0, 0.1) is 12.3 Å². The van der Waals surface area contributed by atoms with Gasteiger partial charge in [0.2, 0.25) is 5.95 Å². The van der Waals surface area contributed by atoms with Crippen molar-refractivity contribution in [1.29, 1.82) is 0 Å². The van der Waals surface area contributed by atoms with Crippen molar-refractivity contribution in [1.82, 2.24) is 19.5 Å². The number of nitrogens with one attached hydrogen (secondary N) is 1. The van der Waals surface area contributed by atoms with Crippen molar-refractivity contribution < 1.29 is 8.78 Å². The van der Waals surface area contributed by atoms with Gasteiger partial charge in [-0.15, -0.1) is 5.10 Å². The Morgan fingerprint density at radius 1 is 1.18 bits per heavy atom. The van der Waals surface area contributed by atoms with Crippen LogP contribution in [0.1, 0.15) is 65.6 Å². The van der Waals surface area contributed by atoms with Gasteiger partial charge in [0.05, 0.1) is 29.6 Å². The summed E-state index contributed by atoms with van der Waals surface area (Å²) in [6.07, 6.45) is 3.17. The van der Waals surface area contributed by atoms with E-state index in [1.54, 1.807) is 14.0 Å². The highest BCUT2D eigenvalue weighted by atomic mass is 19.1. The molecule has 0 spiro atoms. The lowest BCUT2D eigenvalue weighted by atomic mass is 9.89. The van der Waals surface area contributed by atoms with E-state index in [2.05, 4.69) is 54.5 Å². The smallest absolute Gasteiger partial charge is 0.241 e. The van der Waals surface area contributed by atoms with Crippen LogP contribution in [0.15, 0.2) is 40.7 Å². The van der Waals surface area contributed by atoms with Crippen molar-refractivity contribution in [2.75, 3.05) is 39.2 Å². The maximum absolute atomic E-state index is 14.6. The number of benzene rings is 1. The third kappa shape index (κ3) is 9.05. The maximum atomic E-state index is 14.6. The molecule has 2 atom stereocenters. The summed E-state index contributed by atoms with van der Waals surface area (Å²) >= 11 is 0. The molecule has 1 fully saturated rings. The second kappa shape index (κ2) is 15.0. The van der Waals surface area contributed by atoms with Crippen molar-refractivity contribution in [3.8, 4) is 11.1 Å². The summed E-state index contributed by atoms with van der Waals surface area (Å²) in [5.74, 6) is 0.482. The minimum atomic E-state index is -0.948. The molecule has 0 amide bonds. The van der Waals surface area contributed by atoms with Crippen molar-refractivity contribution in [3.63, 3.8) is 0 Å². The molecule has 1 aromatic carbocycles. The SMILES string of the molecule is CC.CCCF.CN=Nc1ccc(-c2ccn3nc(NC4CCN(C)CC4F)nc(CC(C)(C)C)c23)cc1C. The Bertz CT molecular complexity index is 1200. The predicted molar refractivity (Wildman–Crippen MR) is 159 cm³/mol. The molecule has 2 unspecified atom stereocenters. The summed E-state index contributed by atoms with van der Waals surface area (Å²) in [5.41, 5.74) is 6.06. The lowest BCUT2D eigenvalue weighted by Gasteiger charge is -2.32. The van der Waals surface area contributed by atoms with Crippen LogP contribution in [0.25, 0.3) is 16.6 Å². The number of nitrogens with zero attached hydrogens (tertiary/aromatic N) is 6. The predicted octanol–water partition coefficient (Wildman–Crippen LogP) is 7.85. The van der Waals surface area contributed by atoms with E-state index in [0.717, 1.165) is 53.0 Å². The highest BCUT2D eigenvalue weighted by Crippen LogP contribution is 2.33. The van der Waals surface area contributed by atoms with Gasteiger partial charge in [0, 0.05) is 31.9 Å². The summed E-state index contributed by atoms with van der Waals surface area (Å²) < 4.78 is 27.2. The molecule has 4 rings (SSSR count). The van der Waals surface area contributed by atoms with Gasteiger partial charge in [-0.1, -0.05) is 47.6 Å².